The van der Waals surface area contributed by atoms with Gasteiger partial charge in [0.1, 0.15) is 5.60 Å². The molecule has 3 aliphatic carbocycles. The lowest BCUT2D eigenvalue weighted by molar-refractivity contribution is -0.168. The maximum absolute atomic E-state index is 12.1. The summed E-state index contributed by atoms with van der Waals surface area (Å²) in [7, 11) is 0. The number of rotatable bonds is 6. The van der Waals surface area contributed by atoms with E-state index in [0.29, 0.717) is 12.3 Å². The van der Waals surface area contributed by atoms with Crippen molar-refractivity contribution in [3.8, 4) is 0 Å². The van der Waals surface area contributed by atoms with Crippen molar-refractivity contribution in [1.82, 2.24) is 0 Å². The van der Waals surface area contributed by atoms with Gasteiger partial charge in [-0.3, -0.25) is 4.79 Å². The summed E-state index contributed by atoms with van der Waals surface area (Å²) in [4.78, 5) is 12.1. The molecule has 0 spiro atoms. The number of carbonyl (C=O) groups is 1. The number of hydrogen-bond donors (Lipinski definition) is 0. The third-order valence-corrected chi connectivity index (χ3v) is 7.10. The molecule has 0 aromatic heterocycles. The fourth-order valence-electron chi connectivity index (χ4n) is 5.98. The largest absolute Gasteiger partial charge is 0.459 e. The molecule has 120 valence electrons. The predicted octanol–water partition coefficient (Wildman–Crippen LogP) is 4.96. The fourth-order valence-corrected chi connectivity index (χ4v) is 5.98. The Bertz CT molecular complexity index is 367. The van der Waals surface area contributed by atoms with Crippen molar-refractivity contribution >= 4 is 5.97 Å². The second kappa shape index (κ2) is 5.93. The first kappa shape index (κ1) is 15.4. The van der Waals surface area contributed by atoms with Crippen molar-refractivity contribution in [2.24, 2.45) is 29.6 Å². The Morgan fingerprint density at radius 3 is 2.05 bits per heavy atom. The molecule has 2 heteroatoms. The van der Waals surface area contributed by atoms with E-state index in [1.54, 1.807) is 0 Å². The first-order chi connectivity index (χ1) is 10.1. The summed E-state index contributed by atoms with van der Waals surface area (Å²) in [6, 6.07) is 0. The monoisotopic (exact) mass is 292 g/mol. The summed E-state index contributed by atoms with van der Waals surface area (Å²) >= 11 is 0. The average molecular weight is 292 g/mol. The van der Waals surface area contributed by atoms with Crippen LogP contribution in [-0.4, -0.2) is 11.6 Å². The highest BCUT2D eigenvalue weighted by Gasteiger charge is 2.56. The van der Waals surface area contributed by atoms with Crippen LogP contribution in [-0.2, 0) is 9.53 Å². The summed E-state index contributed by atoms with van der Waals surface area (Å²) in [5, 5.41) is 0. The van der Waals surface area contributed by atoms with Crippen LogP contribution >= 0.6 is 0 Å². The Balaban J connectivity index is 1.71. The quantitative estimate of drug-likeness (QED) is 0.647. The molecule has 0 aromatic carbocycles. The van der Waals surface area contributed by atoms with Crippen LogP contribution in [0.25, 0.3) is 0 Å². The van der Waals surface area contributed by atoms with Crippen LogP contribution in [0, 0.1) is 29.6 Å². The summed E-state index contributed by atoms with van der Waals surface area (Å²) < 4.78 is 6.08. The molecule has 3 rings (SSSR count). The van der Waals surface area contributed by atoms with Gasteiger partial charge in [-0.1, -0.05) is 20.8 Å². The van der Waals surface area contributed by atoms with Crippen LogP contribution in [0.3, 0.4) is 0 Å². The smallest absolute Gasteiger partial charge is 0.306 e. The van der Waals surface area contributed by atoms with Gasteiger partial charge >= 0.3 is 5.97 Å². The van der Waals surface area contributed by atoms with Gasteiger partial charge < -0.3 is 4.74 Å². The van der Waals surface area contributed by atoms with Crippen molar-refractivity contribution in [3.05, 3.63) is 0 Å². The maximum Gasteiger partial charge on any atom is 0.306 e. The minimum atomic E-state index is -0.171. The maximum atomic E-state index is 12.1. The molecule has 4 unspecified atom stereocenters. The highest BCUT2D eigenvalue weighted by atomic mass is 16.6. The number of ether oxygens (including phenoxy) is 1. The number of hydrogen-bond acceptors (Lipinski definition) is 2. The standard InChI is InChI=1S/C19H32O2/c1-4-7-18(20)21-19(5-2,6-3)15-11-16-13-8-9-14(10-13)17(16)12-15/h13-17H,4-12H2,1-3H3. The van der Waals surface area contributed by atoms with Gasteiger partial charge in [0, 0.05) is 6.42 Å². The molecule has 0 aromatic rings. The van der Waals surface area contributed by atoms with E-state index in [4.69, 9.17) is 4.74 Å². The van der Waals surface area contributed by atoms with Gasteiger partial charge in [-0.15, -0.1) is 0 Å². The van der Waals surface area contributed by atoms with Gasteiger partial charge in [0.25, 0.3) is 0 Å². The molecule has 0 amide bonds. The van der Waals surface area contributed by atoms with Crippen molar-refractivity contribution in [2.75, 3.05) is 0 Å². The first-order valence-electron chi connectivity index (χ1n) is 9.35. The van der Waals surface area contributed by atoms with E-state index in [1.165, 1.54) is 32.1 Å². The zero-order valence-corrected chi connectivity index (χ0v) is 14.1. The molecule has 0 aliphatic heterocycles. The predicted molar refractivity (Wildman–Crippen MR) is 84.8 cm³/mol. The van der Waals surface area contributed by atoms with E-state index < -0.39 is 0 Å². The fraction of sp³-hybridized carbons (Fsp3) is 0.947. The van der Waals surface area contributed by atoms with E-state index >= 15 is 0 Å². The molecule has 4 atom stereocenters. The Morgan fingerprint density at radius 2 is 1.57 bits per heavy atom. The van der Waals surface area contributed by atoms with Crippen LogP contribution in [0.15, 0.2) is 0 Å². The van der Waals surface area contributed by atoms with E-state index in [-0.39, 0.29) is 11.6 Å². The average Bonchev–Trinajstić information content (AvgIpc) is 3.16. The van der Waals surface area contributed by atoms with Crippen molar-refractivity contribution < 1.29 is 9.53 Å². The number of carbonyl (C=O) groups excluding carboxylic acids is 1. The van der Waals surface area contributed by atoms with Crippen LogP contribution in [0.4, 0.5) is 0 Å². The van der Waals surface area contributed by atoms with Gasteiger partial charge in [0.15, 0.2) is 0 Å². The van der Waals surface area contributed by atoms with E-state index in [1.807, 2.05) is 0 Å². The molecule has 0 saturated heterocycles. The van der Waals surface area contributed by atoms with Crippen LogP contribution in [0.2, 0.25) is 0 Å². The molecular weight excluding hydrogens is 260 g/mol. The molecule has 21 heavy (non-hydrogen) atoms. The number of fused-ring (bicyclic) bond motifs is 5. The summed E-state index contributed by atoms with van der Waals surface area (Å²) in [5.41, 5.74) is -0.171. The molecule has 3 aliphatic rings. The Kier molecular flexibility index (Phi) is 4.34. The van der Waals surface area contributed by atoms with Gasteiger partial charge in [0.05, 0.1) is 0 Å². The van der Waals surface area contributed by atoms with Gasteiger partial charge in [-0.2, -0.15) is 0 Å². The second-order valence-electron chi connectivity index (χ2n) is 7.83. The van der Waals surface area contributed by atoms with Crippen LogP contribution in [0.1, 0.15) is 78.6 Å². The normalized spacial score (nSPS) is 37.8. The summed E-state index contributed by atoms with van der Waals surface area (Å²) in [6.07, 6.45) is 10.5. The highest BCUT2D eigenvalue weighted by molar-refractivity contribution is 5.69. The zero-order valence-electron chi connectivity index (χ0n) is 14.1. The van der Waals surface area contributed by atoms with E-state index in [2.05, 4.69) is 20.8 Å². The second-order valence-corrected chi connectivity index (χ2v) is 7.83. The van der Waals surface area contributed by atoms with Gasteiger partial charge in [-0.05, 0) is 81.0 Å². The minimum absolute atomic E-state index is 0.0289. The first-order valence-corrected chi connectivity index (χ1v) is 9.35. The topological polar surface area (TPSA) is 26.3 Å². The molecule has 0 heterocycles. The van der Waals surface area contributed by atoms with Crippen molar-refractivity contribution in [1.29, 1.82) is 0 Å². The third kappa shape index (κ3) is 2.53. The molecule has 0 N–H and O–H groups in total. The highest BCUT2D eigenvalue weighted by Crippen LogP contribution is 2.62. The lowest BCUT2D eigenvalue weighted by Crippen LogP contribution is -2.41. The summed E-state index contributed by atoms with van der Waals surface area (Å²) in [6.45, 7) is 6.48. The lowest BCUT2D eigenvalue weighted by Gasteiger charge is -2.38. The molecule has 3 saturated carbocycles. The van der Waals surface area contributed by atoms with Crippen molar-refractivity contribution in [2.45, 2.75) is 84.2 Å². The number of esters is 1. The third-order valence-electron chi connectivity index (χ3n) is 7.10. The van der Waals surface area contributed by atoms with Crippen LogP contribution < -0.4 is 0 Å². The lowest BCUT2D eigenvalue weighted by atomic mass is 9.79. The molecule has 2 bridgehead atoms. The molecular formula is C19H32O2. The zero-order chi connectivity index (χ0) is 15.0. The molecule has 3 fully saturated rings. The SMILES string of the molecule is CCCC(=O)OC(CC)(CC)C1CC2C3CCC(C3)C2C1. The van der Waals surface area contributed by atoms with E-state index in [9.17, 15) is 4.79 Å². The Hall–Kier alpha value is -0.530. The molecule has 0 radical (unpaired) electrons. The summed E-state index contributed by atoms with van der Waals surface area (Å²) in [5.74, 6) is 4.56. The Labute approximate surface area is 130 Å². The van der Waals surface area contributed by atoms with E-state index in [0.717, 1.165) is 42.9 Å². The van der Waals surface area contributed by atoms with Crippen LogP contribution in [0.5, 0.6) is 0 Å². The minimum Gasteiger partial charge on any atom is -0.459 e. The Morgan fingerprint density at radius 1 is 1.00 bits per heavy atom. The van der Waals surface area contributed by atoms with Crippen molar-refractivity contribution in [3.63, 3.8) is 0 Å². The molecule has 2 nitrogen and oxygen atoms in total. The van der Waals surface area contributed by atoms with Gasteiger partial charge in [-0.25, -0.2) is 0 Å². The van der Waals surface area contributed by atoms with Gasteiger partial charge in [0.2, 0.25) is 0 Å².